The fourth-order valence-corrected chi connectivity index (χ4v) is 2.29. The van der Waals surface area contributed by atoms with Crippen LogP contribution in [0.3, 0.4) is 0 Å². The Bertz CT molecular complexity index is 452. The second-order valence-corrected chi connectivity index (χ2v) is 4.84. The molecule has 1 amide bonds. The van der Waals surface area contributed by atoms with E-state index in [0.717, 1.165) is 19.3 Å². The summed E-state index contributed by atoms with van der Waals surface area (Å²) in [6.45, 7) is 2.09. The van der Waals surface area contributed by atoms with Gasteiger partial charge < -0.3 is 5.32 Å². The molecule has 0 radical (unpaired) electrons. The van der Waals surface area contributed by atoms with E-state index < -0.39 is 23.4 Å². The molecule has 5 heteroatoms. The largest absolute Gasteiger partial charge is 0.349 e. The third-order valence-electron chi connectivity index (χ3n) is 3.28. The second-order valence-electron chi connectivity index (χ2n) is 4.84. The van der Waals surface area contributed by atoms with Crippen LogP contribution >= 0.6 is 0 Å². The van der Waals surface area contributed by atoms with Gasteiger partial charge in [0.1, 0.15) is 0 Å². The summed E-state index contributed by atoms with van der Waals surface area (Å²) in [6.07, 6.45) is 2.74. The fourth-order valence-electron chi connectivity index (χ4n) is 2.29. The van der Waals surface area contributed by atoms with Crippen molar-refractivity contribution < 1.29 is 18.0 Å². The third-order valence-corrected chi connectivity index (χ3v) is 3.28. The lowest BCUT2D eigenvalue weighted by Crippen LogP contribution is -2.33. The van der Waals surface area contributed by atoms with Gasteiger partial charge in [-0.25, -0.2) is 13.2 Å². The number of hydrogen-bond acceptors (Lipinski definition) is 1. The molecule has 2 nitrogen and oxygen atoms in total. The monoisotopic (exact) mass is 257 g/mol. The topological polar surface area (TPSA) is 29.1 Å². The SMILES string of the molecule is CC1CCC(NC(=O)c2cc(F)c(F)c(F)c2)C1. The van der Waals surface area contributed by atoms with Gasteiger partial charge in [-0.3, -0.25) is 4.79 Å². The zero-order chi connectivity index (χ0) is 13.3. The predicted octanol–water partition coefficient (Wildman–Crippen LogP) is 3.02. The molecule has 1 aromatic carbocycles. The summed E-state index contributed by atoms with van der Waals surface area (Å²) in [6, 6.07) is 1.46. The number of halogens is 3. The molecule has 0 aliphatic heterocycles. The first-order chi connectivity index (χ1) is 8.47. The highest BCUT2D eigenvalue weighted by atomic mass is 19.2. The van der Waals surface area contributed by atoms with Crippen molar-refractivity contribution in [3.05, 3.63) is 35.1 Å². The van der Waals surface area contributed by atoms with Crippen molar-refractivity contribution in [2.45, 2.75) is 32.2 Å². The lowest BCUT2D eigenvalue weighted by molar-refractivity contribution is 0.0936. The van der Waals surface area contributed by atoms with Gasteiger partial charge in [-0.2, -0.15) is 0 Å². The van der Waals surface area contributed by atoms with E-state index in [1.807, 2.05) is 0 Å². The number of benzene rings is 1. The highest BCUT2D eigenvalue weighted by Crippen LogP contribution is 2.25. The first kappa shape index (κ1) is 12.9. The molecule has 0 spiro atoms. The Morgan fingerprint density at radius 3 is 2.33 bits per heavy atom. The van der Waals surface area contributed by atoms with Crippen LogP contribution in [0, 0.1) is 23.4 Å². The Morgan fingerprint density at radius 1 is 1.22 bits per heavy atom. The summed E-state index contributed by atoms with van der Waals surface area (Å²) in [4.78, 5) is 11.8. The Hall–Kier alpha value is -1.52. The van der Waals surface area contributed by atoms with Crippen molar-refractivity contribution in [1.82, 2.24) is 5.32 Å². The summed E-state index contributed by atoms with van der Waals surface area (Å²) in [5.74, 6) is -4.27. The molecule has 1 aromatic rings. The van der Waals surface area contributed by atoms with E-state index in [2.05, 4.69) is 12.2 Å². The van der Waals surface area contributed by atoms with Crippen molar-refractivity contribution in [3.8, 4) is 0 Å². The number of rotatable bonds is 2. The molecular weight excluding hydrogens is 243 g/mol. The van der Waals surface area contributed by atoms with Crippen molar-refractivity contribution in [3.63, 3.8) is 0 Å². The van der Waals surface area contributed by atoms with E-state index in [1.165, 1.54) is 0 Å². The van der Waals surface area contributed by atoms with Crippen LogP contribution in [-0.4, -0.2) is 11.9 Å². The fraction of sp³-hybridized carbons (Fsp3) is 0.462. The molecule has 1 saturated carbocycles. The minimum Gasteiger partial charge on any atom is -0.349 e. The van der Waals surface area contributed by atoms with Crippen LogP contribution in [0.15, 0.2) is 12.1 Å². The molecule has 2 unspecified atom stereocenters. The molecule has 1 fully saturated rings. The molecule has 2 atom stereocenters. The van der Waals surface area contributed by atoms with Crippen LogP contribution in [-0.2, 0) is 0 Å². The molecule has 0 aromatic heterocycles. The van der Waals surface area contributed by atoms with Gasteiger partial charge in [0.15, 0.2) is 17.5 Å². The maximum absolute atomic E-state index is 13.0. The average Bonchev–Trinajstić information content (AvgIpc) is 2.71. The molecule has 0 saturated heterocycles. The van der Waals surface area contributed by atoms with E-state index in [1.54, 1.807) is 0 Å². The van der Waals surface area contributed by atoms with Crippen molar-refractivity contribution in [2.24, 2.45) is 5.92 Å². The number of nitrogens with one attached hydrogen (secondary N) is 1. The van der Waals surface area contributed by atoms with Crippen molar-refractivity contribution in [2.75, 3.05) is 0 Å². The van der Waals surface area contributed by atoms with Gasteiger partial charge in [0.2, 0.25) is 0 Å². The first-order valence-electron chi connectivity index (χ1n) is 5.92. The first-order valence-corrected chi connectivity index (χ1v) is 5.92. The zero-order valence-electron chi connectivity index (χ0n) is 9.97. The Balaban J connectivity index is 2.09. The molecule has 1 aliphatic carbocycles. The van der Waals surface area contributed by atoms with Crippen LogP contribution in [0.5, 0.6) is 0 Å². The smallest absolute Gasteiger partial charge is 0.251 e. The van der Waals surface area contributed by atoms with Gasteiger partial charge in [-0.15, -0.1) is 0 Å². The quantitative estimate of drug-likeness (QED) is 0.811. The lowest BCUT2D eigenvalue weighted by Gasteiger charge is -2.12. The highest BCUT2D eigenvalue weighted by molar-refractivity contribution is 5.94. The maximum Gasteiger partial charge on any atom is 0.251 e. The van der Waals surface area contributed by atoms with E-state index in [-0.39, 0.29) is 11.6 Å². The Kier molecular flexibility index (Phi) is 3.59. The summed E-state index contributed by atoms with van der Waals surface area (Å²) >= 11 is 0. The Morgan fingerprint density at radius 2 is 1.83 bits per heavy atom. The van der Waals surface area contributed by atoms with Gasteiger partial charge in [0, 0.05) is 11.6 Å². The lowest BCUT2D eigenvalue weighted by atomic mass is 10.1. The predicted molar refractivity (Wildman–Crippen MR) is 60.6 cm³/mol. The third kappa shape index (κ3) is 2.66. The molecule has 1 N–H and O–H groups in total. The van der Waals surface area contributed by atoms with E-state index in [4.69, 9.17) is 0 Å². The van der Waals surface area contributed by atoms with Gasteiger partial charge in [0.05, 0.1) is 0 Å². The number of carbonyl (C=O) groups is 1. The normalized spacial score (nSPS) is 23.1. The van der Waals surface area contributed by atoms with E-state index in [9.17, 15) is 18.0 Å². The molecular formula is C13H14F3NO. The minimum absolute atomic E-state index is 0.0312. The summed E-state index contributed by atoms with van der Waals surface area (Å²) < 4.78 is 38.7. The number of hydrogen-bond donors (Lipinski definition) is 1. The Labute approximate surface area is 103 Å². The van der Waals surface area contributed by atoms with Crippen LogP contribution in [0.4, 0.5) is 13.2 Å². The molecule has 0 bridgehead atoms. The molecule has 98 valence electrons. The van der Waals surface area contributed by atoms with Crippen LogP contribution < -0.4 is 5.32 Å². The van der Waals surface area contributed by atoms with E-state index >= 15 is 0 Å². The summed E-state index contributed by atoms with van der Waals surface area (Å²) in [5.41, 5.74) is -0.189. The summed E-state index contributed by atoms with van der Waals surface area (Å²) in [5, 5.41) is 2.70. The van der Waals surface area contributed by atoms with E-state index in [0.29, 0.717) is 18.1 Å². The van der Waals surface area contributed by atoms with Gasteiger partial charge in [-0.1, -0.05) is 6.92 Å². The van der Waals surface area contributed by atoms with Gasteiger partial charge >= 0.3 is 0 Å². The maximum atomic E-state index is 13.0. The highest BCUT2D eigenvalue weighted by Gasteiger charge is 2.24. The number of carbonyl (C=O) groups excluding carboxylic acids is 1. The molecule has 0 heterocycles. The standard InChI is InChI=1S/C13H14F3NO/c1-7-2-3-9(4-7)17-13(18)8-5-10(14)12(16)11(15)6-8/h5-7,9H,2-4H2,1H3,(H,17,18). The van der Waals surface area contributed by atoms with Crippen molar-refractivity contribution in [1.29, 1.82) is 0 Å². The summed E-state index contributed by atoms with van der Waals surface area (Å²) in [7, 11) is 0. The van der Waals surface area contributed by atoms with Gasteiger partial charge in [0.25, 0.3) is 5.91 Å². The zero-order valence-corrected chi connectivity index (χ0v) is 9.97. The minimum atomic E-state index is -1.55. The average molecular weight is 257 g/mol. The molecule has 18 heavy (non-hydrogen) atoms. The van der Waals surface area contributed by atoms with Crippen LogP contribution in [0.2, 0.25) is 0 Å². The van der Waals surface area contributed by atoms with Crippen LogP contribution in [0.1, 0.15) is 36.5 Å². The van der Waals surface area contributed by atoms with Crippen LogP contribution in [0.25, 0.3) is 0 Å². The van der Waals surface area contributed by atoms with Gasteiger partial charge in [-0.05, 0) is 37.3 Å². The number of amides is 1. The molecule has 2 rings (SSSR count). The van der Waals surface area contributed by atoms with Crippen molar-refractivity contribution >= 4 is 5.91 Å². The molecule has 1 aliphatic rings. The second kappa shape index (κ2) is 5.00.